The minimum Gasteiger partial charge on any atom is -0.335 e. The van der Waals surface area contributed by atoms with Gasteiger partial charge in [0, 0.05) is 45.2 Å². The van der Waals surface area contributed by atoms with E-state index in [0.29, 0.717) is 18.8 Å². The van der Waals surface area contributed by atoms with Crippen molar-refractivity contribution in [2.45, 2.75) is 39.3 Å². The van der Waals surface area contributed by atoms with Crippen molar-refractivity contribution in [1.82, 2.24) is 29.4 Å². The second-order valence-corrected chi connectivity index (χ2v) is 6.77. The number of hydrogen-bond donors (Lipinski definition) is 0. The summed E-state index contributed by atoms with van der Waals surface area (Å²) >= 11 is 0. The van der Waals surface area contributed by atoms with E-state index in [-0.39, 0.29) is 5.91 Å². The lowest BCUT2D eigenvalue weighted by Gasteiger charge is -2.18. The first kappa shape index (κ1) is 17.5. The number of amides is 1. The molecule has 1 amide bonds. The predicted molar refractivity (Wildman–Crippen MR) is 101 cm³/mol. The quantitative estimate of drug-likeness (QED) is 0.694. The molecule has 0 atom stereocenters. The normalized spacial score (nSPS) is 14.0. The van der Waals surface area contributed by atoms with Crippen molar-refractivity contribution in [3.05, 3.63) is 65.5 Å². The average Bonchev–Trinajstić information content (AvgIpc) is 3.28. The Morgan fingerprint density at radius 3 is 2.67 bits per heavy atom. The summed E-state index contributed by atoms with van der Waals surface area (Å²) in [5.41, 5.74) is 1.81. The van der Waals surface area contributed by atoms with Crippen LogP contribution < -0.4 is 0 Å². The van der Waals surface area contributed by atoms with Crippen LogP contribution in [0.25, 0.3) is 0 Å². The smallest absolute Gasteiger partial charge is 0.274 e. The van der Waals surface area contributed by atoms with Gasteiger partial charge in [0.05, 0.1) is 0 Å². The first-order valence-electron chi connectivity index (χ1n) is 9.52. The Balaban J connectivity index is 1.42. The highest BCUT2D eigenvalue weighted by Crippen LogP contribution is 2.14. The number of aryl methyl sites for hydroxylation is 3. The van der Waals surface area contributed by atoms with E-state index >= 15 is 0 Å². The summed E-state index contributed by atoms with van der Waals surface area (Å²) in [4.78, 5) is 14.6. The van der Waals surface area contributed by atoms with Crippen molar-refractivity contribution in [3.8, 4) is 0 Å². The summed E-state index contributed by atoms with van der Waals surface area (Å²) in [6, 6.07) is 12.2. The molecule has 0 bridgehead atoms. The lowest BCUT2D eigenvalue weighted by Crippen LogP contribution is -2.34. The number of rotatable bonds is 5. The van der Waals surface area contributed by atoms with Crippen LogP contribution in [0, 0.1) is 0 Å². The van der Waals surface area contributed by atoms with Crippen molar-refractivity contribution in [2.75, 3.05) is 13.1 Å². The summed E-state index contributed by atoms with van der Waals surface area (Å²) in [7, 11) is 0. The zero-order chi connectivity index (χ0) is 18.6. The average molecular weight is 364 g/mol. The SMILES string of the molecule is CCn1ccc(C(=O)N2CCc3nnc(CCc4ccccc4)n3CC2)n1. The third-order valence-corrected chi connectivity index (χ3v) is 5.05. The van der Waals surface area contributed by atoms with Gasteiger partial charge < -0.3 is 9.47 Å². The van der Waals surface area contributed by atoms with Gasteiger partial charge in [0.2, 0.25) is 0 Å². The molecule has 0 spiro atoms. The number of carbonyl (C=O) groups is 1. The van der Waals surface area contributed by atoms with Crippen LogP contribution in [0.2, 0.25) is 0 Å². The van der Waals surface area contributed by atoms with E-state index in [4.69, 9.17) is 0 Å². The molecule has 0 N–H and O–H groups in total. The highest BCUT2D eigenvalue weighted by molar-refractivity contribution is 5.92. The maximum atomic E-state index is 12.8. The summed E-state index contributed by atoms with van der Waals surface area (Å²) in [5.74, 6) is 1.96. The lowest BCUT2D eigenvalue weighted by atomic mass is 10.1. The first-order valence-corrected chi connectivity index (χ1v) is 9.52. The first-order chi connectivity index (χ1) is 13.2. The van der Waals surface area contributed by atoms with Crippen LogP contribution in [-0.4, -0.2) is 48.4 Å². The zero-order valence-corrected chi connectivity index (χ0v) is 15.6. The van der Waals surface area contributed by atoms with Gasteiger partial charge in [0.25, 0.3) is 5.91 Å². The van der Waals surface area contributed by atoms with Crippen LogP contribution in [0.1, 0.15) is 34.6 Å². The summed E-state index contributed by atoms with van der Waals surface area (Å²) in [5, 5.41) is 13.1. The molecule has 2 aromatic heterocycles. The summed E-state index contributed by atoms with van der Waals surface area (Å²) < 4.78 is 3.96. The Morgan fingerprint density at radius 1 is 1.04 bits per heavy atom. The molecular formula is C20H24N6O. The molecule has 1 aliphatic heterocycles. The van der Waals surface area contributed by atoms with E-state index in [9.17, 15) is 4.79 Å². The molecule has 4 rings (SSSR count). The minimum atomic E-state index is -0.00764. The van der Waals surface area contributed by atoms with Gasteiger partial charge >= 0.3 is 0 Å². The molecule has 3 aromatic rings. The number of aromatic nitrogens is 5. The van der Waals surface area contributed by atoms with Crippen molar-refractivity contribution >= 4 is 5.91 Å². The van der Waals surface area contributed by atoms with Crippen LogP contribution in [-0.2, 0) is 32.4 Å². The van der Waals surface area contributed by atoms with E-state index < -0.39 is 0 Å². The molecular weight excluding hydrogens is 340 g/mol. The molecule has 1 aliphatic rings. The molecule has 140 valence electrons. The second-order valence-electron chi connectivity index (χ2n) is 6.77. The zero-order valence-electron chi connectivity index (χ0n) is 15.6. The number of benzene rings is 1. The van der Waals surface area contributed by atoms with Gasteiger partial charge in [-0.3, -0.25) is 9.48 Å². The Bertz CT molecular complexity index is 914. The standard InChI is InChI=1S/C20H24N6O/c1-2-25-13-10-17(23-25)20(27)24-12-11-19-22-21-18(26(19)15-14-24)9-8-16-6-4-3-5-7-16/h3-7,10,13H,2,8-9,11-12,14-15H2,1H3. The number of nitrogens with zero attached hydrogens (tertiary/aromatic N) is 6. The van der Waals surface area contributed by atoms with Crippen LogP contribution in [0.4, 0.5) is 0 Å². The molecule has 0 radical (unpaired) electrons. The molecule has 27 heavy (non-hydrogen) atoms. The largest absolute Gasteiger partial charge is 0.335 e. The maximum absolute atomic E-state index is 12.8. The van der Waals surface area contributed by atoms with Gasteiger partial charge in [-0.15, -0.1) is 10.2 Å². The maximum Gasteiger partial charge on any atom is 0.274 e. The number of carbonyl (C=O) groups excluding carboxylic acids is 1. The predicted octanol–water partition coefficient (Wildman–Crippen LogP) is 1.98. The van der Waals surface area contributed by atoms with Gasteiger partial charge in [-0.1, -0.05) is 30.3 Å². The van der Waals surface area contributed by atoms with Crippen LogP contribution >= 0.6 is 0 Å². The third kappa shape index (κ3) is 3.77. The van der Waals surface area contributed by atoms with Crippen molar-refractivity contribution in [3.63, 3.8) is 0 Å². The number of hydrogen-bond acceptors (Lipinski definition) is 4. The highest BCUT2D eigenvalue weighted by Gasteiger charge is 2.23. The van der Waals surface area contributed by atoms with E-state index in [2.05, 4.69) is 44.1 Å². The molecule has 0 aliphatic carbocycles. The van der Waals surface area contributed by atoms with E-state index in [1.165, 1.54) is 5.56 Å². The monoisotopic (exact) mass is 364 g/mol. The van der Waals surface area contributed by atoms with E-state index in [1.54, 1.807) is 10.7 Å². The minimum absolute atomic E-state index is 0.00764. The number of fused-ring (bicyclic) bond motifs is 1. The summed E-state index contributed by atoms with van der Waals surface area (Å²) in [6.45, 7) is 4.80. The van der Waals surface area contributed by atoms with E-state index in [0.717, 1.165) is 44.0 Å². The Labute approximate surface area is 158 Å². The fourth-order valence-corrected chi connectivity index (χ4v) is 3.49. The van der Waals surface area contributed by atoms with E-state index in [1.807, 2.05) is 24.1 Å². The third-order valence-electron chi connectivity index (χ3n) is 5.05. The van der Waals surface area contributed by atoms with Gasteiger partial charge in [-0.25, -0.2) is 0 Å². The van der Waals surface area contributed by atoms with Crippen LogP contribution in [0.5, 0.6) is 0 Å². The molecule has 7 nitrogen and oxygen atoms in total. The fraction of sp³-hybridized carbons (Fsp3) is 0.400. The molecule has 3 heterocycles. The Morgan fingerprint density at radius 2 is 1.89 bits per heavy atom. The van der Waals surface area contributed by atoms with Crippen molar-refractivity contribution in [1.29, 1.82) is 0 Å². The Hall–Kier alpha value is -2.96. The van der Waals surface area contributed by atoms with Crippen LogP contribution in [0.15, 0.2) is 42.6 Å². The highest BCUT2D eigenvalue weighted by atomic mass is 16.2. The molecule has 0 saturated heterocycles. The van der Waals surface area contributed by atoms with Crippen molar-refractivity contribution in [2.24, 2.45) is 0 Å². The molecule has 1 aromatic carbocycles. The van der Waals surface area contributed by atoms with Gasteiger partial charge in [0.15, 0.2) is 0 Å². The topological polar surface area (TPSA) is 68.8 Å². The lowest BCUT2D eigenvalue weighted by molar-refractivity contribution is 0.0752. The molecule has 7 heteroatoms. The van der Waals surface area contributed by atoms with Crippen molar-refractivity contribution < 1.29 is 4.79 Å². The fourth-order valence-electron chi connectivity index (χ4n) is 3.49. The molecule has 0 fully saturated rings. The molecule has 0 saturated carbocycles. The van der Waals surface area contributed by atoms with Gasteiger partial charge in [-0.05, 0) is 25.0 Å². The summed E-state index contributed by atoms with van der Waals surface area (Å²) in [6.07, 6.45) is 4.36. The van der Waals surface area contributed by atoms with Gasteiger partial charge in [-0.2, -0.15) is 5.10 Å². The second kappa shape index (κ2) is 7.73. The van der Waals surface area contributed by atoms with Crippen LogP contribution in [0.3, 0.4) is 0 Å². The Kier molecular flexibility index (Phi) is 5.00. The molecule has 0 unspecified atom stereocenters. The van der Waals surface area contributed by atoms with Gasteiger partial charge in [0.1, 0.15) is 17.3 Å².